The topological polar surface area (TPSA) is 52.3 Å². The van der Waals surface area contributed by atoms with Crippen LogP contribution in [0.15, 0.2) is 12.1 Å². The van der Waals surface area contributed by atoms with Crippen molar-refractivity contribution in [1.29, 1.82) is 0 Å². The van der Waals surface area contributed by atoms with E-state index < -0.39 is 0 Å². The summed E-state index contributed by atoms with van der Waals surface area (Å²) in [6, 6.07) is 4.10. The van der Waals surface area contributed by atoms with E-state index in [-0.39, 0.29) is 11.5 Å². The normalized spacial score (nSPS) is 26.7. The molecule has 0 saturated heterocycles. The van der Waals surface area contributed by atoms with Gasteiger partial charge in [-0.2, -0.15) is 0 Å². The van der Waals surface area contributed by atoms with E-state index in [0.717, 1.165) is 29.8 Å². The maximum atomic E-state index is 11.7. The highest BCUT2D eigenvalue weighted by molar-refractivity contribution is 5.85. The van der Waals surface area contributed by atoms with Gasteiger partial charge in [0.25, 0.3) is 0 Å². The van der Waals surface area contributed by atoms with Gasteiger partial charge in [-0.3, -0.25) is 4.79 Å². The summed E-state index contributed by atoms with van der Waals surface area (Å²) in [5, 5.41) is 0. The fourth-order valence-corrected chi connectivity index (χ4v) is 3.16. The van der Waals surface area contributed by atoms with E-state index in [4.69, 9.17) is 10.5 Å². The third-order valence-electron chi connectivity index (χ3n) is 4.22. The molecule has 1 aromatic carbocycles. The molecule has 19 heavy (non-hydrogen) atoms. The van der Waals surface area contributed by atoms with Gasteiger partial charge < -0.3 is 10.5 Å². The first-order valence-corrected chi connectivity index (χ1v) is 7.05. The molecular formula is C16H21NO2. The molecule has 1 aliphatic carbocycles. The summed E-state index contributed by atoms with van der Waals surface area (Å²) in [5.74, 6) is 1.79. The Morgan fingerprint density at radius 2 is 2.21 bits per heavy atom. The second-order valence-corrected chi connectivity index (χ2v) is 6.40. The minimum Gasteiger partial charge on any atom is -0.487 e. The zero-order valence-electron chi connectivity index (χ0n) is 11.8. The van der Waals surface area contributed by atoms with Crippen LogP contribution in [0.25, 0.3) is 0 Å². The van der Waals surface area contributed by atoms with Gasteiger partial charge in [0.2, 0.25) is 0 Å². The molecule has 0 spiro atoms. The summed E-state index contributed by atoms with van der Waals surface area (Å²) in [6.45, 7) is 6.10. The van der Waals surface area contributed by atoms with Crippen molar-refractivity contribution in [2.45, 2.75) is 51.6 Å². The molecule has 0 radical (unpaired) electrons. The van der Waals surface area contributed by atoms with Crippen molar-refractivity contribution in [3.63, 3.8) is 0 Å². The Hall–Kier alpha value is -1.51. The lowest BCUT2D eigenvalue weighted by molar-refractivity contribution is -0.120. The number of benzene rings is 1. The van der Waals surface area contributed by atoms with Crippen LogP contribution < -0.4 is 10.5 Å². The number of carbonyl (C=O) groups is 1. The number of nitrogens with two attached hydrogens (primary N) is 1. The molecule has 1 saturated carbocycles. The molecule has 3 nitrogen and oxygen atoms in total. The van der Waals surface area contributed by atoms with Crippen molar-refractivity contribution in [2.75, 3.05) is 5.73 Å². The first kappa shape index (κ1) is 12.5. The van der Waals surface area contributed by atoms with Crippen LogP contribution in [-0.2, 0) is 11.2 Å². The van der Waals surface area contributed by atoms with Gasteiger partial charge in [0.15, 0.2) is 0 Å². The number of fused-ring (bicyclic) bond motifs is 1. The Morgan fingerprint density at radius 3 is 2.89 bits per heavy atom. The SMILES string of the molecule is CCC(=O)C1CC1c1cc2c(cc1N)CC(C)(C)O2. The Bertz CT molecular complexity index is 548. The average molecular weight is 259 g/mol. The fraction of sp³-hybridized carbons (Fsp3) is 0.562. The molecule has 1 heterocycles. The molecule has 1 aromatic rings. The van der Waals surface area contributed by atoms with E-state index >= 15 is 0 Å². The predicted octanol–water partition coefficient (Wildman–Crippen LogP) is 3.06. The van der Waals surface area contributed by atoms with E-state index in [2.05, 4.69) is 19.9 Å². The molecule has 3 heteroatoms. The van der Waals surface area contributed by atoms with Gasteiger partial charge in [0, 0.05) is 30.0 Å². The molecule has 2 unspecified atom stereocenters. The molecule has 1 fully saturated rings. The van der Waals surface area contributed by atoms with E-state index in [1.165, 1.54) is 5.56 Å². The maximum absolute atomic E-state index is 11.7. The number of nitrogen functional groups attached to an aromatic ring is 1. The first-order valence-electron chi connectivity index (χ1n) is 7.05. The summed E-state index contributed by atoms with van der Waals surface area (Å²) in [4.78, 5) is 11.7. The van der Waals surface area contributed by atoms with Crippen LogP contribution >= 0.6 is 0 Å². The molecule has 2 N–H and O–H groups in total. The third kappa shape index (κ3) is 2.11. The van der Waals surface area contributed by atoms with Gasteiger partial charge in [-0.05, 0) is 43.9 Å². The summed E-state index contributed by atoms with van der Waals surface area (Å²) < 4.78 is 5.95. The van der Waals surface area contributed by atoms with Crippen LogP contribution in [0.1, 0.15) is 50.7 Å². The lowest BCUT2D eigenvalue weighted by Crippen LogP contribution is -2.24. The number of ketones is 1. The first-order chi connectivity index (χ1) is 8.91. The number of carbonyl (C=O) groups excluding carboxylic acids is 1. The second kappa shape index (κ2) is 3.99. The lowest BCUT2D eigenvalue weighted by Gasteiger charge is -2.17. The molecule has 0 bridgehead atoms. The Labute approximate surface area is 114 Å². The zero-order valence-corrected chi connectivity index (χ0v) is 11.8. The quantitative estimate of drug-likeness (QED) is 0.849. The van der Waals surface area contributed by atoms with Gasteiger partial charge in [-0.15, -0.1) is 0 Å². The standard InChI is InChI=1S/C16H21NO2/c1-4-14(18)12-6-10(12)11-7-15-9(5-13(11)17)8-16(2,3)19-15/h5,7,10,12H,4,6,8,17H2,1-3H3. The molecule has 0 amide bonds. The minimum atomic E-state index is -0.143. The van der Waals surface area contributed by atoms with E-state index in [1.807, 2.05) is 13.0 Å². The monoisotopic (exact) mass is 259 g/mol. The third-order valence-corrected chi connectivity index (χ3v) is 4.22. The maximum Gasteiger partial charge on any atom is 0.136 e. The van der Waals surface area contributed by atoms with Crippen molar-refractivity contribution in [1.82, 2.24) is 0 Å². The van der Waals surface area contributed by atoms with Crippen LogP contribution in [0.5, 0.6) is 5.75 Å². The van der Waals surface area contributed by atoms with E-state index in [0.29, 0.717) is 18.1 Å². The van der Waals surface area contributed by atoms with Crippen molar-refractivity contribution in [3.8, 4) is 5.75 Å². The van der Waals surface area contributed by atoms with E-state index in [1.54, 1.807) is 0 Å². The van der Waals surface area contributed by atoms with Crippen LogP contribution in [0.2, 0.25) is 0 Å². The van der Waals surface area contributed by atoms with Crippen LogP contribution in [0, 0.1) is 5.92 Å². The molecule has 2 atom stereocenters. The number of Topliss-reactive ketones (excluding diaryl/α,β-unsaturated/α-hetero) is 1. The lowest BCUT2D eigenvalue weighted by atomic mass is 9.98. The Morgan fingerprint density at radius 1 is 1.47 bits per heavy atom. The Kier molecular flexibility index (Phi) is 2.63. The molecular weight excluding hydrogens is 238 g/mol. The van der Waals surface area contributed by atoms with Crippen LogP contribution in [0.4, 0.5) is 5.69 Å². The van der Waals surface area contributed by atoms with Gasteiger partial charge in [-0.1, -0.05) is 6.92 Å². The van der Waals surface area contributed by atoms with Crippen molar-refractivity contribution in [3.05, 3.63) is 23.3 Å². The molecule has 2 aliphatic rings. The summed E-state index contributed by atoms with van der Waals surface area (Å²) in [5.41, 5.74) is 9.12. The zero-order chi connectivity index (χ0) is 13.8. The highest BCUT2D eigenvalue weighted by Gasteiger charge is 2.44. The number of rotatable bonds is 3. The summed E-state index contributed by atoms with van der Waals surface area (Å²) >= 11 is 0. The molecule has 1 aliphatic heterocycles. The average Bonchev–Trinajstić information content (AvgIpc) is 3.05. The highest BCUT2D eigenvalue weighted by Crippen LogP contribution is 2.52. The number of anilines is 1. The molecule has 0 aromatic heterocycles. The van der Waals surface area contributed by atoms with Crippen LogP contribution in [0.3, 0.4) is 0 Å². The Balaban J connectivity index is 1.88. The largest absolute Gasteiger partial charge is 0.487 e. The second-order valence-electron chi connectivity index (χ2n) is 6.40. The van der Waals surface area contributed by atoms with Gasteiger partial charge in [0.1, 0.15) is 17.1 Å². The van der Waals surface area contributed by atoms with Crippen molar-refractivity contribution < 1.29 is 9.53 Å². The number of ether oxygens (including phenoxy) is 1. The van der Waals surface area contributed by atoms with Crippen LogP contribution in [-0.4, -0.2) is 11.4 Å². The molecule has 102 valence electrons. The molecule has 3 rings (SSSR count). The van der Waals surface area contributed by atoms with Gasteiger partial charge >= 0.3 is 0 Å². The van der Waals surface area contributed by atoms with E-state index in [9.17, 15) is 4.79 Å². The van der Waals surface area contributed by atoms with Crippen molar-refractivity contribution in [2.24, 2.45) is 5.92 Å². The summed E-state index contributed by atoms with van der Waals surface area (Å²) in [6.07, 6.45) is 2.46. The number of hydrogen-bond acceptors (Lipinski definition) is 3. The summed E-state index contributed by atoms with van der Waals surface area (Å²) in [7, 11) is 0. The fourth-order valence-electron chi connectivity index (χ4n) is 3.16. The number of hydrogen-bond donors (Lipinski definition) is 1. The van der Waals surface area contributed by atoms with Gasteiger partial charge in [-0.25, -0.2) is 0 Å². The minimum absolute atomic E-state index is 0.143. The van der Waals surface area contributed by atoms with Crippen molar-refractivity contribution >= 4 is 11.5 Å². The smallest absolute Gasteiger partial charge is 0.136 e. The highest BCUT2D eigenvalue weighted by atomic mass is 16.5. The van der Waals surface area contributed by atoms with Gasteiger partial charge in [0.05, 0.1) is 0 Å². The predicted molar refractivity (Wildman–Crippen MR) is 75.4 cm³/mol.